The molecule has 0 aliphatic carbocycles. The molecule has 0 aliphatic heterocycles. The zero-order valence-electron chi connectivity index (χ0n) is 13.8. The fraction of sp³-hybridized carbons (Fsp3) is 0.529. The van der Waals surface area contributed by atoms with Crippen molar-refractivity contribution in [1.82, 2.24) is 5.32 Å². The van der Waals surface area contributed by atoms with Crippen molar-refractivity contribution in [1.29, 1.82) is 0 Å². The van der Waals surface area contributed by atoms with Crippen molar-refractivity contribution >= 4 is 17.5 Å². The number of anilines is 1. The molecule has 0 radical (unpaired) electrons. The van der Waals surface area contributed by atoms with E-state index < -0.39 is 6.04 Å². The molecule has 5 heteroatoms. The molecule has 0 fully saturated rings. The van der Waals surface area contributed by atoms with Crippen LogP contribution in [0.5, 0.6) is 0 Å². The highest BCUT2D eigenvalue weighted by atomic mass is 16.2. The van der Waals surface area contributed by atoms with Crippen LogP contribution in [0.2, 0.25) is 0 Å². The van der Waals surface area contributed by atoms with Crippen LogP contribution in [0, 0.1) is 11.8 Å². The van der Waals surface area contributed by atoms with Crippen molar-refractivity contribution in [2.45, 2.75) is 46.7 Å². The predicted octanol–water partition coefficient (Wildman–Crippen LogP) is 2.27. The normalized spacial score (nSPS) is 13.5. The Morgan fingerprint density at radius 2 is 1.86 bits per heavy atom. The summed E-state index contributed by atoms with van der Waals surface area (Å²) in [4.78, 5) is 23.7. The van der Waals surface area contributed by atoms with Gasteiger partial charge >= 0.3 is 0 Å². The van der Waals surface area contributed by atoms with Crippen LogP contribution in [0.15, 0.2) is 24.3 Å². The molecule has 1 aromatic carbocycles. The summed E-state index contributed by atoms with van der Waals surface area (Å²) >= 11 is 0. The third-order valence-corrected chi connectivity index (χ3v) is 3.74. The largest absolute Gasteiger partial charge is 0.351 e. The van der Waals surface area contributed by atoms with Crippen molar-refractivity contribution < 1.29 is 9.59 Å². The van der Waals surface area contributed by atoms with E-state index >= 15 is 0 Å². The molecule has 1 aromatic rings. The lowest BCUT2D eigenvalue weighted by Gasteiger charge is -2.16. The van der Waals surface area contributed by atoms with Gasteiger partial charge < -0.3 is 16.4 Å². The van der Waals surface area contributed by atoms with Crippen LogP contribution in [0.1, 0.15) is 39.7 Å². The lowest BCUT2D eigenvalue weighted by Crippen LogP contribution is -2.43. The quantitative estimate of drug-likeness (QED) is 0.722. The Bertz CT molecular complexity index is 514. The highest BCUT2D eigenvalue weighted by molar-refractivity contribution is 5.92. The molecular weight excluding hydrogens is 278 g/mol. The number of benzene rings is 1. The van der Waals surface area contributed by atoms with E-state index in [-0.39, 0.29) is 23.7 Å². The molecule has 2 atom stereocenters. The van der Waals surface area contributed by atoms with Gasteiger partial charge in [0.1, 0.15) is 0 Å². The molecule has 0 heterocycles. The summed E-state index contributed by atoms with van der Waals surface area (Å²) in [5.41, 5.74) is 7.46. The van der Waals surface area contributed by atoms with Crippen LogP contribution in [0.4, 0.5) is 5.69 Å². The Hall–Kier alpha value is -1.88. The molecule has 0 saturated heterocycles. The van der Waals surface area contributed by atoms with Gasteiger partial charge in [0.15, 0.2) is 0 Å². The topological polar surface area (TPSA) is 84.2 Å². The maximum atomic E-state index is 11.9. The van der Waals surface area contributed by atoms with Crippen LogP contribution in [0.25, 0.3) is 0 Å². The molecule has 5 nitrogen and oxygen atoms in total. The average molecular weight is 305 g/mol. The summed E-state index contributed by atoms with van der Waals surface area (Å²) < 4.78 is 0. The number of hydrogen-bond donors (Lipinski definition) is 3. The van der Waals surface area contributed by atoms with E-state index in [1.807, 2.05) is 52.0 Å². The first-order valence-corrected chi connectivity index (χ1v) is 7.78. The van der Waals surface area contributed by atoms with E-state index in [4.69, 9.17) is 5.73 Å². The molecule has 0 bridgehead atoms. The van der Waals surface area contributed by atoms with Crippen LogP contribution in [-0.4, -0.2) is 17.9 Å². The lowest BCUT2D eigenvalue weighted by atomic mass is 10.0. The van der Waals surface area contributed by atoms with Crippen LogP contribution in [0.3, 0.4) is 0 Å². The van der Waals surface area contributed by atoms with Crippen LogP contribution >= 0.6 is 0 Å². The van der Waals surface area contributed by atoms with Crippen molar-refractivity contribution in [3.05, 3.63) is 29.8 Å². The summed E-state index contributed by atoms with van der Waals surface area (Å²) in [6.45, 7) is 8.10. The highest BCUT2D eigenvalue weighted by Gasteiger charge is 2.16. The van der Waals surface area contributed by atoms with Gasteiger partial charge in [-0.25, -0.2) is 0 Å². The van der Waals surface area contributed by atoms with Gasteiger partial charge in [-0.15, -0.1) is 0 Å². The first-order valence-electron chi connectivity index (χ1n) is 7.78. The second-order valence-electron chi connectivity index (χ2n) is 5.99. The minimum Gasteiger partial charge on any atom is -0.351 e. The Morgan fingerprint density at radius 3 is 2.45 bits per heavy atom. The first kappa shape index (κ1) is 18.2. The minimum atomic E-state index is -0.506. The van der Waals surface area contributed by atoms with Crippen LogP contribution < -0.4 is 16.4 Å². The van der Waals surface area contributed by atoms with Gasteiger partial charge in [-0.1, -0.05) is 39.8 Å². The molecular formula is C17H27N3O2. The van der Waals surface area contributed by atoms with E-state index in [0.717, 1.165) is 17.7 Å². The zero-order valence-corrected chi connectivity index (χ0v) is 13.8. The second kappa shape index (κ2) is 8.54. The number of hydrogen-bond acceptors (Lipinski definition) is 3. The fourth-order valence-corrected chi connectivity index (χ4v) is 1.82. The van der Waals surface area contributed by atoms with Gasteiger partial charge in [0.25, 0.3) is 0 Å². The Labute approximate surface area is 132 Å². The predicted molar refractivity (Wildman–Crippen MR) is 89.2 cm³/mol. The maximum absolute atomic E-state index is 11.9. The molecule has 0 spiro atoms. The smallest absolute Gasteiger partial charge is 0.237 e. The van der Waals surface area contributed by atoms with Crippen molar-refractivity contribution in [2.24, 2.45) is 17.6 Å². The molecule has 2 amide bonds. The summed E-state index contributed by atoms with van der Waals surface area (Å²) in [5, 5.41) is 5.70. The molecule has 0 aliphatic rings. The van der Waals surface area contributed by atoms with Gasteiger partial charge in [0.05, 0.1) is 6.04 Å². The Kier molecular flexibility index (Phi) is 7.05. The van der Waals surface area contributed by atoms with E-state index in [1.54, 1.807) is 0 Å². The molecule has 22 heavy (non-hydrogen) atoms. The molecule has 0 saturated carbocycles. The monoisotopic (exact) mass is 305 g/mol. The highest BCUT2D eigenvalue weighted by Crippen LogP contribution is 2.13. The van der Waals surface area contributed by atoms with Gasteiger partial charge in [-0.3, -0.25) is 9.59 Å². The van der Waals surface area contributed by atoms with E-state index in [2.05, 4.69) is 10.6 Å². The third kappa shape index (κ3) is 5.48. The number of rotatable bonds is 7. The minimum absolute atomic E-state index is 0.00511. The number of nitrogens with two attached hydrogens (primary N) is 1. The van der Waals surface area contributed by atoms with E-state index in [0.29, 0.717) is 6.54 Å². The van der Waals surface area contributed by atoms with Gasteiger partial charge in [0.2, 0.25) is 11.8 Å². The number of amides is 2. The summed E-state index contributed by atoms with van der Waals surface area (Å²) in [6, 6.07) is 6.96. The Balaban J connectivity index is 2.61. The maximum Gasteiger partial charge on any atom is 0.237 e. The molecule has 122 valence electrons. The van der Waals surface area contributed by atoms with Crippen molar-refractivity contribution in [3.8, 4) is 0 Å². The lowest BCUT2D eigenvalue weighted by molar-refractivity contribution is -0.123. The van der Waals surface area contributed by atoms with Gasteiger partial charge in [-0.05, 0) is 30.0 Å². The summed E-state index contributed by atoms with van der Waals surface area (Å²) in [6.07, 6.45) is 0.800. The average Bonchev–Trinajstić information content (AvgIpc) is 2.51. The van der Waals surface area contributed by atoms with Crippen LogP contribution in [-0.2, 0) is 16.1 Å². The van der Waals surface area contributed by atoms with E-state index in [9.17, 15) is 9.59 Å². The third-order valence-electron chi connectivity index (χ3n) is 3.74. The number of nitrogens with one attached hydrogen (secondary N) is 2. The fourth-order valence-electron chi connectivity index (χ4n) is 1.82. The molecule has 1 rings (SSSR count). The van der Waals surface area contributed by atoms with E-state index in [1.165, 1.54) is 0 Å². The molecule has 1 unspecified atom stereocenters. The SMILES string of the molecule is CCC(C)C(=O)Nc1cccc(CNC(=O)[C@@H](N)C(C)C)c1. The Morgan fingerprint density at radius 1 is 1.18 bits per heavy atom. The molecule has 4 N–H and O–H groups in total. The second-order valence-corrected chi connectivity index (χ2v) is 5.99. The van der Waals surface area contributed by atoms with Crippen molar-refractivity contribution in [3.63, 3.8) is 0 Å². The van der Waals surface area contributed by atoms with Crippen molar-refractivity contribution in [2.75, 3.05) is 5.32 Å². The summed E-state index contributed by atoms with van der Waals surface area (Å²) in [7, 11) is 0. The molecule has 0 aromatic heterocycles. The number of carbonyl (C=O) groups excluding carboxylic acids is 2. The zero-order chi connectivity index (χ0) is 16.7. The first-order chi connectivity index (χ1) is 10.3. The van der Waals surface area contributed by atoms with Gasteiger partial charge in [0, 0.05) is 18.2 Å². The number of carbonyl (C=O) groups is 2. The van der Waals surface area contributed by atoms with Gasteiger partial charge in [-0.2, -0.15) is 0 Å². The standard InChI is InChI=1S/C17H27N3O2/c1-5-12(4)16(21)20-14-8-6-7-13(9-14)10-19-17(22)15(18)11(2)3/h6-9,11-12,15H,5,10,18H2,1-4H3,(H,19,22)(H,20,21)/t12?,15-/m0/s1. The summed E-state index contributed by atoms with van der Waals surface area (Å²) in [5.74, 6) is -0.0805.